The van der Waals surface area contributed by atoms with Crippen LogP contribution in [-0.2, 0) is 6.42 Å². The van der Waals surface area contributed by atoms with Crippen LogP contribution >= 0.6 is 11.8 Å². The molecule has 1 nitrogen and oxygen atoms in total. The summed E-state index contributed by atoms with van der Waals surface area (Å²) >= 11 is 1.24. The fourth-order valence-electron chi connectivity index (χ4n) is 2.07. The van der Waals surface area contributed by atoms with Crippen molar-refractivity contribution in [2.45, 2.75) is 42.5 Å². The van der Waals surface area contributed by atoms with Gasteiger partial charge in [0.2, 0.25) is 0 Å². The lowest BCUT2D eigenvalue weighted by molar-refractivity contribution is 0.577. The Kier molecular flexibility index (Phi) is 5.37. The van der Waals surface area contributed by atoms with Crippen LogP contribution in [0.2, 0.25) is 0 Å². The molecular weight excluding hydrogens is 288 g/mol. The molecule has 0 amide bonds. The summed E-state index contributed by atoms with van der Waals surface area (Å²) < 4.78 is 26.9. The molecule has 0 aliphatic rings. The van der Waals surface area contributed by atoms with E-state index < -0.39 is 11.6 Å². The Morgan fingerprint density at radius 1 is 1.10 bits per heavy atom. The second-order valence-corrected chi connectivity index (χ2v) is 6.23. The summed E-state index contributed by atoms with van der Waals surface area (Å²) in [7, 11) is 0. The van der Waals surface area contributed by atoms with Gasteiger partial charge in [0.25, 0.3) is 0 Å². The highest BCUT2D eigenvalue weighted by Gasteiger charge is 2.09. The fourth-order valence-corrected chi connectivity index (χ4v) is 3.00. The van der Waals surface area contributed by atoms with Gasteiger partial charge < -0.3 is 5.73 Å². The summed E-state index contributed by atoms with van der Waals surface area (Å²) in [6.07, 6.45) is 1.76. The molecule has 2 rings (SSSR count). The van der Waals surface area contributed by atoms with Crippen molar-refractivity contribution >= 4 is 11.8 Å². The predicted molar refractivity (Wildman–Crippen MR) is 83.6 cm³/mol. The molecule has 112 valence electrons. The molecule has 0 fully saturated rings. The average molecular weight is 307 g/mol. The molecule has 0 spiro atoms. The maximum Gasteiger partial charge on any atom is 0.137 e. The number of hydrogen-bond donors (Lipinski definition) is 1. The van der Waals surface area contributed by atoms with Crippen LogP contribution in [0.15, 0.2) is 46.2 Å². The highest BCUT2D eigenvalue weighted by Crippen LogP contribution is 2.33. The molecule has 1 atom stereocenters. The number of nitrogens with two attached hydrogens (primary N) is 1. The van der Waals surface area contributed by atoms with Crippen molar-refractivity contribution < 1.29 is 8.78 Å². The van der Waals surface area contributed by atoms with Crippen LogP contribution < -0.4 is 5.73 Å². The van der Waals surface area contributed by atoms with E-state index in [-0.39, 0.29) is 6.04 Å². The monoisotopic (exact) mass is 307 g/mol. The maximum atomic E-state index is 13.7. The minimum Gasteiger partial charge on any atom is -0.327 e. The van der Waals surface area contributed by atoms with Gasteiger partial charge in [-0.2, -0.15) is 0 Å². The molecule has 0 saturated carbocycles. The fraction of sp³-hybridized carbons (Fsp3) is 0.294. The average Bonchev–Trinajstić information content (AvgIpc) is 2.45. The zero-order valence-electron chi connectivity index (χ0n) is 12.2. The van der Waals surface area contributed by atoms with Crippen molar-refractivity contribution in [1.29, 1.82) is 0 Å². The van der Waals surface area contributed by atoms with Crippen molar-refractivity contribution in [3.63, 3.8) is 0 Å². The van der Waals surface area contributed by atoms with Crippen molar-refractivity contribution in [2.24, 2.45) is 5.73 Å². The highest BCUT2D eigenvalue weighted by atomic mass is 32.2. The molecule has 0 bridgehead atoms. The van der Waals surface area contributed by atoms with Crippen LogP contribution in [0.3, 0.4) is 0 Å². The van der Waals surface area contributed by atoms with Gasteiger partial charge in [0.15, 0.2) is 0 Å². The predicted octanol–water partition coefficient (Wildman–Crippen LogP) is 4.70. The Hall–Kier alpha value is -1.39. The third kappa shape index (κ3) is 4.29. The normalized spacial score (nSPS) is 12.4. The third-order valence-corrected chi connectivity index (χ3v) is 4.59. The first-order valence-electron chi connectivity index (χ1n) is 6.97. The summed E-state index contributed by atoms with van der Waals surface area (Å²) in [6.45, 7) is 4.04. The first-order chi connectivity index (χ1) is 9.99. The van der Waals surface area contributed by atoms with Gasteiger partial charge in [0, 0.05) is 10.9 Å². The lowest BCUT2D eigenvalue weighted by atomic mass is 10.0. The molecule has 2 aromatic rings. The Morgan fingerprint density at radius 3 is 2.52 bits per heavy atom. The van der Waals surface area contributed by atoms with Crippen LogP contribution in [0.5, 0.6) is 0 Å². The molecule has 21 heavy (non-hydrogen) atoms. The van der Waals surface area contributed by atoms with Crippen LogP contribution in [0.1, 0.15) is 24.5 Å². The molecule has 0 radical (unpaired) electrons. The van der Waals surface area contributed by atoms with Gasteiger partial charge >= 0.3 is 0 Å². The lowest BCUT2D eigenvalue weighted by Crippen LogP contribution is -2.21. The zero-order valence-corrected chi connectivity index (χ0v) is 13.0. The van der Waals surface area contributed by atoms with Gasteiger partial charge in [-0.15, -0.1) is 0 Å². The summed E-state index contributed by atoms with van der Waals surface area (Å²) in [5, 5.41) is 0. The van der Waals surface area contributed by atoms with E-state index in [1.807, 2.05) is 19.1 Å². The van der Waals surface area contributed by atoms with E-state index >= 15 is 0 Å². The summed E-state index contributed by atoms with van der Waals surface area (Å²) in [5.41, 5.74) is 8.17. The van der Waals surface area contributed by atoms with E-state index in [0.29, 0.717) is 4.90 Å². The molecule has 1 unspecified atom stereocenters. The minimum atomic E-state index is -0.429. The summed E-state index contributed by atoms with van der Waals surface area (Å²) in [6, 6.07) is 9.67. The van der Waals surface area contributed by atoms with Crippen LogP contribution in [0.25, 0.3) is 0 Å². The van der Waals surface area contributed by atoms with Crippen LogP contribution in [0.4, 0.5) is 8.78 Å². The summed E-state index contributed by atoms with van der Waals surface area (Å²) in [5.74, 6) is -0.833. The Balaban J connectivity index is 2.19. The molecule has 0 aromatic heterocycles. The minimum absolute atomic E-state index is 0.156. The standard InChI is InChI=1S/C17H19F2NS/c1-3-14(20)9-12-4-7-16(11(2)8-12)21-17-10-13(18)5-6-15(17)19/h4-8,10,14H,3,9,20H2,1-2H3. The quantitative estimate of drug-likeness (QED) is 0.866. The van der Waals surface area contributed by atoms with Gasteiger partial charge in [0.1, 0.15) is 11.6 Å². The van der Waals surface area contributed by atoms with E-state index in [1.54, 1.807) is 0 Å². The van der Waals surface area contributed by atoms with E-state index in [9.17, 15) is 8.78 Å². The Morgan fingerprint density at radius 2 is 1.86 bits per heavy atom. The summed E-state index contributed by atoms with van der Waals surface area (Å²) in [4.78, 5) is 1.23. The third-order valence-electron chi connectivity index (χ3n) is 3.37. The van der Waals surface area contributed by atoms with Crippen LogP contribution in [0, 0.1) is 18.6 Å². The molecule has 0 heterocycles. The second kappa shape index (κ2) is 7.05. The van der Waals surface area contributed by atoms with Crippen LogP contribution in [-0.4, -0.2) is 6.04 Å². The number of benzene rings is 2. The topological polar surface area (TPSA) is 26.0 Å². The van der Waals surface area contributed by atoms with E-state index in [1.165, 1.54) is 23.4 Å². The molecule has 0 aliphatic heterocycles. The number of aryl methyl sites for hydroxylation is 1. The number of rotatable bonds is 5. The van der Waals surface area contributed by atoms with E-state index in [2.05, 4.69) is 13.0 Å². The molecule has 4 heteroatoms. The first-order valence-corrected chi connectivity index (χ1v) is 7.79. The Labute approximate surface area is 128 Å². The largest absolute Gasteiger partial charge is 0.327 e. The lowest BCUT2D eigenvalue weighted by Gasteiger charge is -2.12. The highest BCUT2D eigenvalue weighted by molar-refractivity contribution is 7.99. The maximum absolute atomic E-state index is 13.7. The Bertz CT molecular complexity index is 628. The number of halogens is 2. The molecule has 0 saturated heterocycles. The van der Waals surface area contributed by atoms with Gasteiger partial charge in [-0.25, -0.2) is 8.78 Å². The SMILES string of the molecule is CCC(N)Cc1ccc(Sc2cc(F)ccc2F)c(C)c1. The van der Waals surface area contributed by atoms with E-state index in [0.717, 1.165) is 35.4 Å². The molecular formula is C17H19F2NS. The smallest absolute Gasteiger partial charge is 0.137 e. The molecule has 2 N–H and O–H groups in total. The molecule has 2 aromatic carbocycles. The van der Waals surface area contributed by atoms with Crippen molar-refractivity contribution in [3.05, 3.63) is 59.2 Å². The van der Waals surface area contributed by atoms with Crippen molar-refractivity contribution in [1.82, 2.24) is 0 Å². The second-order valence-electron chi connectivity index (χ2n) is 5.15. The first kappa shape index (κ1) is 16.0. The van der Waals surface area contributed by atoms with Gasteiger partial charge in [-0.3, -0.25) is 0 Å². The van der Waals surface area contributed by atoms with Gasteiger partial charge in [-0.05, 0) is 55.2 Å². The van der Waals surface area contributed by atoms with Gasteiger partial charge in [-0.1, -0.05) is 30.8 Å². The van der Waals surface area contributed by atoms with Crippen molar-refractivity contribution in [3.8, 4) is 0 Å². The molecule has 0 aliphatic carbocycles. The van der Waals surface area contributed by atoms with Crippen molar-refractivity contribution in [2.75, 3.05) is 0 Å². The van der Waals surface area contributed by atoms with E-state index in [4.69, 9.17) is 5.73 Å². The zero-order chi connectivity index (χ0) is 15.4. The number of hydrogen-bond acceptors (Lipinski definition) is 2. The van der Waals surface area contributed by atoms with Gasteiger partial charge in [0.05, 0.1) is 4.90 Å².